The molecular formula is C12H14F3N3O3. The number of aliphatic carboxylic acids is 1. The summed E-state index contributed by atoms with van der Waals surface area (Å²) >= 11 is 0. The first-order valence-corrected chi connectivity index (χ1v) is 6.20. The number of carbonyl (C=O) groups is 2. The van der Waals surface area contributed by atoms with Crippen molar-refractivity contribution in [2.45, 2.75) is 13.1 Å². The lowest BCUT2D eigenvalue weighted by Crippen LogP contribution is -2.34. The summed E-state index contributed by atoms with van der Waals surface area (Å²) in [6, 6.07) is 1.46. The summed E-state index contributed by atoms with van der Waals surface area (Å²) in [6.07, 6.45) is -4.65. The number of nitrogens with zero attached hydrogens (tertiary/aromatic N) is 3. The van der Waals surface area contributed by atoms with E-state index in [2.05, 4.69) is 5.10 Å². The van der Waals surface area contributed by atoms with Gasteiger partial charge in [0.2, 0.25) is 0 Å². The Morgan fingerprint density at radius 1 is 1.38 bits per heavy atom. The van der Waals surface area contributed by atoms with Gasteiger partial charge in [0.1, 0.15) is 0 Å². The van der Waals surface area contributed by atoms with Crippen molar-refractivity contribution in [2.75, 3.05) is 13.1 Å². The number of alkyl halides is 3. The van der Waals surface area contributed by atoms with Crippen LogP contribution in [0.2, 0.25) is 0 Å². The number of aromatic nitrogens is 2. The number of carbonyl (C=O) groups excluding carboxylic acids is 1. The molecule has 0 radical (unpaired) electrons. The highest BCUT2D eigenvalue weighted by Crippen LogP contribution is 2.38. The Morgan fingerprint density at radius 3 is 2.38 bits per heavy atom. The minimum absolute atomic E-state index is 0.0157. The number of amides is 1. The third kappa shape index (κ3) is 2.86. The van der Waals surface area contributed by atoms with Crippen LogP contribution in [0.5, 0.6) is 0 Å². The number of aryl methyl sites for hydroxylation is 2. The minimum atomic E-state index is -4.65. The largest absolute Gasteiger partial charge is 0.481 e. The SMILES string of the molecule is Cc1cc(C(=O)N2C[C@@H](C(F)(F)F)[C@H](C(=O)O)C2)nn1C. The maximum atomic E-state index is 12.9. The Labute approximate surface area is 118 Å². The Hall–Kier alpha value is -2.06. The molecule has 2 rings (SSSR count). The zero-order chi connectivity index (χ0) is 15.9. The predicted octanol–water partition coefficient (Wildman–Crippen LogP) is 1.06. The molecule has 1 aromatic rings. The average Bonchev–Trinajstić information content (AvgIpc) is 2.93. The summed E-state index contributed by atoms with van der Waals surface area (Å²) in [4.78, 5) is 24.0. The maximum absolute atomic E-state index is 12.9. The first kappa shape index (κ1) is 15.3. The number of likely N-dealkylation sites (tertiary alicyclic amines) is 1. The number of halogens is 3. The van der Waals surface area contributed by atoms with Crippen molar-refractivity contribution < 1.29 is 27.9 Å². The van der Waals surface area contributed by atoms with Crippen molar-refractivity contribution in [3.8, 4) is 0 Å². The molecule has 0 bridgehead atoms. The van der Waals surface area contributed by atoms with Gasteiger partial charge in [0.25, 0.3) is 5.91 Å². The fraction of sp³-hybridized carbons (Fsp3) is 0.583. The van der Waals surface area contributed by atoms with Crippen molar-refractivity contribution in [3.63, 3.8) is 0 Å². The molecule has 1 amide bonds. The summed E-state index contributed by atoms with van der Waals surface area (Å²) in [5.74, 6) is -5.93. The second-order valence-corrected chi connectivity index (χ2v) is 5.10. The molecular weight excluding hydrogens is 291 g/mol. The number of rotatable bonds is 2. The molecule has 2 atom stereocenters. The van der Waals surface area contributed by atoms with Crippen LogP contribution in [-0.4, -0.2) is 50.9 Å². The average molecular weight is 305 g/mol. The Bertz CT molecular complexity index is 563. The molecule has 1 saturated heterocycles. The maximum Gasteiger partial charge on any atom is 0.394 e. The Morgan fingerprint density at radius 2 is 2.00 bits per heavy atom. The lowest BCUT2D eigenvalue weighted by molar-refractivity contribution is -0.187. The van der Waals surface area contributed by atoms with E-state index >= 15 is 0 Å². The lowest BCUT2D eigenvalue weighted by Gasteiger charge is -2.17. The number of carboxylic acids is 1. The first-order valence-electron chi connectivity index (χ1n) is 6.20. The fourth-order valence-electron chi connectivity index (χ4n) is 2.38. The second kappa shape index (κ2) is 5.05. The Kier molecular flexibility index (Phi) is 3.68. The number of hydrogen-bond acceptors (Lipinski definition) is 3. The van der Waals surface area contributed by atoms with Gasteiger partial charge >= 0.3 is 12.1 Å². The van der Waals surface area contributed by atoms with Crippen LogP contribution in [-0.2, 0) is 11.8 Å². The van der Waals surface area contributed by atoms with Gasteiger partial charge in [-0.1, -0.05) is 0 Å². The van der Waals surface area contributed by atoms with Gasteiger partial charge in [0.05, 0.1) is 11.8 Å². The Balaban J connectivity index is 2.22. The molecule has 1 fully saturated rings. The van der Waals surface area contributed by atoms with Crippen LogP contribution < -0.4 is 0 Å². The van der Waals surface area contributed by atoms with Gasteiger partial charge in [-0.3, -0.25) is 14.3 Å². The minimum Gasteiger partial charge on any atom is -0.481 e. The summed E-state index contributed by atoms with van der Waals surface area (Å²) in [7, 11) is 1.61. The number of carboxylic acid groups (broad SMARTS) is 1. The summed E-state index contributed by atoms with van der Waals surface area (Å²) in [5.41, 5.74) is 0.696. The smallest absolute Gasteiger partial charge is 0.394 e. The van der Waals surface area contributed by atoms with Crippen molar-refractivity contribution in [3.05, 3.63) is 17.5 Å². The molecule has 1 N–H and O–H groups in total. The van der Waals surface area contributed by atoms with Crippen LogP contribution in [0.25, 0.3) is 0 Å². The van der Waals surface area contributed by atoms with E-state index in [1.165, 1.54) is 10.7 Å². The topological polar surface area (TPSA) is 75.4 Å². The molecule has 21 heavy (non-hydrogen) atoms. The first-order chi connectivity index (χ1) is 9.61. The molecule has 1 aromatic heterocycles. The van der Waals surface area contributed by atoms with Crippen molar-refractivity contribution in [1.29, 1.82) is 0 Å². The van der Waals surface area contributed by atoms with Gasteiger partial charge in [-0.2, -0.15) is 18.3 Å². The molecule has 1 aliphatic rings. The molecule has 116 valence electrons. The monoisotopic (exact) mass is 305 g/mol. The van der Waals surface area contributed by atoms with Gasteiger partial charge in [0, 0.05) is 25.8 Å². The number of hydrogen-bond donors (Lipinski definition) is 1. The predicted molar refractivity (Wildman–Crippen MR) is 64.5 cm³/mol. The normalized spacial score (nSPS) is 22.6. The lowest BCUT2D eigenvalue weighted by atomic mass is 9.96. The van der Waals surface area contributed by atoms with E-state index in [0.29, 0.717) is 5.69 Å². The van der Waals surface area contributed by atoms with E-state index in [4.69, 9.17) is 5.11 Å². The molecule has 0 spiro atoms. The van der Waals surface area contributed by atoms with Crippen molar-refractivity contribution >= 4 is 11.9 Å². The van der Waals surface area contributed by atoms with E-state index in [9.17, 15) is 22.8 Å². The molecule has 0 aliphatic carbocycles. The van der Waals surface area contributed by atoms with Crippen molar-refractivity contribution in [2.24, 2.45) is 18.9 Å². The highest BCUT2D eigenvalue weighted by atomic mass is 19.4. The van der Waals surface area contributed by atoms with Gasteiger partial charge in [0.15, 0.2) is 5.69 Å². The summed E-state index contributed by atoms with van der Waals surface area (Å²) in [5, 5.41) is 12.8. The van der Waals surface area contributed by atoms with Gasteiger partial charge in [-0.05, 0) is 13.0 Å². The van der Waals surface area contributed by atoms with E-state index in [1.54, 1.807) is 14.0 Å². The van der Waals surface area contributed by atoms with Crippen LogP contribution in [0.3, 0.4) is 0 Å². The van der Waals surface area contributed by atoms with Gasteiger partial charge in [-0.25, -0.2) is 0 Å². The van der Waals surface area contributed by atoms with Crippen LogP contribution in [0.1, 0.15) is 16.2 Å². The summed E-state index contributed by atoms with van der Waals surface area (Å²) < 4.78 is 40.0. The molecule has 1 aliphatic heterocycles. The van der Waals surface area contributed by atoms with Gasteiger partial charge < -0.3 is 10.0 Å². The molecule has 9 heteroatoms. The second-order valence-electron chi connectivity index (χ2n) is 5.10. The van der Waals surface area contributed by atoms with Crippen LogP contribution in [0.4, 0.5) is 13.2 Å². The fourth-order valence-corrected chi connectivity index (χ4v) is 2.38. The highest BCUT2D eigenvalue weighted by molar-refractivity contribution is 5.93. The molecule has 0 unspecified atom stereocenters. The van der Waals surface area contributed by atoms with E-state index < -0.39 is 43.0 Å². The van der Waals surface area contributed by atoms with E-state index in [-0.39, 0.29) is 5.69 Å². The summed E-state index contributed by atoms with van der Waals surface area (Å²) in [6.45, 7) is 0.579. The van der Waals surface area contributed by atoms with E-state index in [1.807, 2.05) is 0 Å². The van der Waals surface area contributed by atoms with Crippen LogP contribution in [0.15, 0.2) is 6.07 Å². The van der Waals surface area contributed by atoms with Crippen LogP contribution in [0, 0.1) is 18.8 Å². The van der Waals surface area contributed by atoms with Crippen molar-refractivity contribution in [1.82, 2.24) is 14.7 Å². The zero-order valence-electron chi connectivity index (χ0n) is 11.4. The molecule has 2 heterocycles. The molecule has 0 aromatic carbocycles. The molecule has 6 nitrogen and oxygen atoms in total. The van der Waals surface area contributed by atoms with Gasteiger partial charge in [-0.15, -0.1) is 0 Å². The standard InChI is InChI=1S/C12H14F3N3O3/c1-6-3-9(16-17(6)2)10(19)18-4-7(11(20)21)8(5-18)12(13,14)15/h3,7-8H,4-5H2,1-2H3,(H,20,21)/t7-,8-/m1/s1. The quantitative estimate of drug-likeness (QED) is 0.886. The third-order valence-corrected chi connectivity index (χ3v) is 3.68. The van der Waals surface area contributed by atoms with E-state index in [0.717, 1.165) is 4.90 Å². The van der Waals surface area contributed by atoms with Crippen LogP contribution >= 0.6 is 0 Å². The zero-order valence-corrected chi connectivity index (χ0v) is 11.4. The third-order valence-electron chi connectivity index (χ3n) is 3.68. The molecule has 0 saturated carbocycles. The highest BCUT2D eigenvalue weighted by Gasteiger charge is 2.53.